The Hall–Kier alpha value is -2.93. The number of fused-ring (bicyclic) bond motifs is 2. The monoisotopic (exact) mass is 334 g/mol. The van der Waals surface area contributed by atoms with Crippen molar-refractivity contribution < 1.29 is 4.74 Å². The fourth-order valence-electron chi connectivity index (χ4n) is 3.35. The number of H-pyrrole nitrogens is 1. The summed E-state index contributed by atoms with van der Waals surface area (Å²) in [6.07, 6.45) is 12.0. The molecule has 4 heterocycles. The summed E-state index contributed by atoms with van der Waals surface area (Å²) in [5, 5.41) is 4.38. The minimum Gasteiger partial charge on any atom is -0.381 e. The smallest absolute Gasteiger partial charge is 0.224 e. The van der Waals surface area contributed by atoms with Crippen LogP contribution in [0.3, 0.4) is 0 Å². The van der Waals surface area contributed by atoms with Gasteiger partial charge in [0.25, 0.3) is 0 Å². The molecule has 7 heteroatoms. The standard InChI is InChI=1S/C18H18N6O/c1-25-13-6-12(7-13)22-18-21-9-15-14(8-20-17(15)23-18)11-2-3-16-19-4-5-24(16)10-11/h2-5,8-10,12-13H,6-7H2,1H3,(H2,20,21,22,23)/t12-,13+. The zero-order valence-corrected chi connectivity index (χ0v) is 13.8. The highest BCUT2D eigenvalue weighted by Crippen LogP contribution is 2.29. The van der Waals surface area contributed by atoms with Gasteiger partial charge in [0.05, 0.1) is 6.10 Å². The van der Waals surface area contributed by atoms with Crippen LogP contribution in [-0.2, 0) is 4.74 Å². The summed E-state index contributed by atoms with van der Waals surface area (Å²) < 4.78 is 7.32. The molecule has 4 aromatic rings. The minimum absolute atomic E-state index is 0.358. The average molecular weight is 334 g/mol. The molecule has 7 nitrogen and oxygen atoms in total. The lowest BCUT2D eigenvalue weighted by Crippen LogP contribution is -2.40. The number of methoxy groups -OCH3 is 1. The lowest BCUT2D eigenvalue weighted by atomic mass is 9.89. The van der Waals surface area contributed by atoms with Crippen molar-refractivity contribution in [2.75, 3.05) is 12.4 Å². The van der Waals surface area contributed by atoms with Gasteiger partial charge < -0.3 is 19.4 Å². The summed E-state index contributed by atoms with van der Waals surface area (Å²) in [6, 6.07) is 4.46. The molecular formula is C18H18N6O. The third kappa shape index (κ3) is 2.44. The molecule has 0 bridgehead atoms. The van der Waals surface area contributed by atoms with Gasteiger partial charge >= 0.3 is 0 Å². The molecule has 0 radical (unpaired) electrons. The van der Waals surface area contributed by atoms with Crippen molar-refractivity contribution >= 4 is 22.6 Å². The van der Waals surface area contributed by atoms with Crippen molar-refractivity contribution in [2.45, 2.75) is 25.0 Å². The second-order valence-corrected chi connectivity index (χ2v) is 6.44. The van der Waals surface area contributed by atoms with E-state index in [1.807, 2.05) is 29.1 Å². The van der Waals surface area contributed by atoms with Crippen LogP contribution in [0, 0.1) is 0 Å². The molecule has 1 saturated carbocycles. The van der Waals surface area contributed by atoms with Gasteiger partial charge in [-0.15, -0.1) is 0 Å². The van der Waals surface area contributed by atoms with E-state index in [0.717, 1.165) is 40.6 Å². The maximum Gasteiger partial charge on any atom is 0.224 e. The Bertz CT molecular complexity index is 1050. The molecular weight excluding hydrogens is 316 g/mol. The average Bonchev–Trinajstić information content (AvgIpc) is 3.23. The van der Waals surface area contributed by atoms with Gasteiger partial charge in [-0.2, -0.15) is 4.98 Å². The largest absolute Gasteiger partial charge is 0.381 e. The van der Waals surface area contributed by atoms with Crippen LogP contribution in [0.25, 0.3) is 27.8 Å². The first kappa shape index (κ1) is 14.4. The predicted octanol–water partition coefficient (Wildman–Crippen LogP) is 2.86. The number of hydrogen-bond acceptors (Lipinski definition) is 5. The normalized spacial score (nSPS) is 20.0. The van der Waals surface area contributed by atoms with Crippen molar-refractivity contribution in [3.8, 4) is 11.1 Å². The van der Waals surface area contributed by atoms with E-state index in [4.69, 9.17) is 4.74 Å². The molecule has 0 amide bonds. The van der Waals surface area contributed by atoms with E-state index in [9.17, 15) is 0 Å². The van der Waals surface area contributed by atoms with E-state index in [-0.39, 0.29) is 0 Å². The number of aromatic nitrogens is 5. The number of rotatable bonds is 4. The molecule has 5 rings (SSSR count). The van der Waals surface area contributed by atoms with Crippen molar-refractivity contribution in [1.29, 1.82) is 0 Å². The Morgan fingerprint density at radius 1 is 1.28 bits per heavy atom. The van der Waals surface area contributed by atoms with Crippen LogP contribution in [0.1, 0.15) is 12.8 Å². The number of nitrogens with zero attached hydrogens (tertiary/aromatic N) is 4. The number of imidazole rings is 1. The lowest BCUT2D eigenvalue weighted by molar-refractivity contribution is 0.0327. The molecule has 0 aliphatic heterocycles. The summed E-state index contributed by atoms with van der Waals surface area (Å²) in [7, 11) is 1.75. The van der Waals surface area contributed by atoms with Gasteiger partial charge in [0.1, 0.15) is 11.3 Å². The second kappa shape index (κ2) is 5.56. The van der Waals surface area contributed by atoms with Gasteiger partial charge in [0.15, 0.2) is 0 Å². The van der Waals surface area contributed by atoms with Crippen molar-refractivity contribution in [2.24, 2.45) is 0 Å². The number of anilines is 1. The highest BCUT2D eigenvalue weighted by molar-refractivity contribution is 5.93. The Kier molecular flexibility index (Phi) is 3.21. The second-order valence-electron chi connectivity index (χ2n) is 6.44. The summed E-state index contributed by atoms with van der Waals surface area (Å²) in [4.78, 5) is 16.6. The van der Waals surface area contributed by atoms with Gasteiger partial charge in [-0.1, -0.05) is 0 Å². The van der Waals surface area contributed by atoms with E-state index in [0.29, 0.717) is 18.1 Å². The first-order valence-electron chi connectivity index (χ1n) is 8.37. The SMILES string of the molecule is CO[C@H]1C[C@@H](Nc2ncc3c(-c4ccc5nccn5c4)c[nH]c3n2)C1. The molecule has 0 aromatic carbocycles. The summed E-state index contributed by atoms with van der Waals surface area (Å²) >= 11 is 0. The molecule has 2 N–H and O–H groups in total. The molecule has 0 saturated heterocycles. The predicted molar refractivity (Wildman–Crippen MR) is 95.5 cm³/mol. The molecule has 0 atom stereocenters. The van der Waals surface area contributed by atoms with Crippen molar-refractivity contribution in [3.63, 3.8) is 0 Å². The van der Waals surface area contributed by atoms with E-state index in [1.165, 1.54) is 0 Å². The van der Waals surface area contributed by atoms with Crippen LogP contribution >= 0.6 is 0 Å². The van der Waals surface area contributed by atoms with E-state index >= 15 is 0 Å². The molecule has 25 heavy (non-hydrogen) atoms. The van der Waals surface area contributed by atoms with Crippen molar-refractivity contribution in [1.82, 2.24) is 24.3 Å². The Labute approximate surface area is 144 Å². The van der Waals surface area contributed by atoms with E-state index in [1.54, 1.807) is 13.3 Å². The minimum atomic E-state index is 0.358. The summed E-state index contributed by atoms with van der Waals surface area (Å²) in [5.74, 6) is 0.658. The number of nitrogens with one attached hydrogen (secondary N) is 2. The highest BCUT2D eigenvalue weighted by Gasteiger charge is 2.29. The Morgan fingerprint density at radius 3 is 3.08 bits per heavy atom. The molecule has 1 fully saturated rings. The molecule has 1 aliphatic carbocycles. The van der Waals surface area contributed by atoms with Crippen LogP contribution in [-0.4, -0.2) is 43.6 Å². The number of hydrogen-bond donors (Lipinski definition) is 2. The number of ether oxygens (including phenoxy) is 1. The lowest BCUT2D eigenvalue weighted by Gasteiger charge is -2.34. The molecule has 126 valence electrons. The van der Waals surface area contributed by atoms with Crippen LogP contribution in [0.4, 0.5) is 5.95 Å². The first-order valence-corrected chi connectivity index (χ1v) is 8.37. The van der Waals surface area contributed by atoms with Gasteiger partial charge in [0.2, 0.25) is 5.95 Å². The maximum atomic E-state index is 5.31. The molecule has 1 aliphatic rings. The highest BCUT2D eigenvalue weighted by atomic mass is 16.5. The quantitative estimate of drug-likeness (QED) is 0.600. The molecule has 0 unspecified atom stereocenters. The zero-order chi connectivity index (χ0) is 16.8. The van der Waals surface area contributed by atoms with Crippen molar-refractivity contribution in [3.05, 3.63) is 43.1 Å². The molecule has 0 spiro atoms. The zero-order valence-electron chi connectivity index (χ0n) is 13.8. The van der Waals surface area contributed by atoms with E-state index in [2.05, 4.69) is 37.5 Å². The number of pyridine rings is 1. The van der Waals surface area contributed by atoms with Gasteiger partial charge in [-0.05, 0) is 25.0 Å². The van der Waals surface area contributed by atoms with E-state index < -0.39 is 0 Å². The fourth-order valence-corrected chi connectivity index (χ4v) is 3.35. The summed E-state index contributed by atoms with van der Waals surface area (Å²) in [5.41, 5.74) is 3.95. The van der Waals surface area contributed by atoms with Crippen LogP contribution in [0.15, 0.2) is 43.1 Å². The fraction of sp³-hybridized carbons (Fsp3) is 0.278. The molecule has 4 aromatic heterocycles. The maximum absolute atomic E-state index is 5.31. The first-order chi connectivity index (χ1) is 12.3. The Morgan fingerprint density at radius 2 is 2.20 bits per heavy atom. The topological polar surface area (TPSA) is 80.1 Å². The van der Waals surface area contributed by atoms with Gasteiger partial charge in [-0.25, -0.2) is 9.97 Å². The number of aromatic amines is 1. The summed E-state index contributed by atoms with van der Waals surface area (Å²) in [6.45, 7) is 0. The van der Waals surface area contributed by atoms with Crippen LogP contribution in [0.5, 0.6) is 0 Å². The van der Waals surface area contributed by atoms with Crippen LogP contribution in [0.2, 0.25) is 0 Å². The van der Waals surface area contributed by atoms with Gasteiger partial charge in [-0.3, -0.25) is 0 Å². The third-order valence-electron chi connectivity index (χ3n) is 4.89. The van der Waals surface area contributed by atoms with Gasteiger partial charge in [0, 0.05) is 60.6 Å². The third-order valence-corrected chi connectivity index (χ3v) is 4.89. The van der Waals surface area contributed by atoms with Crippen LogP contribution < -0.4 is 5.32 Å². The Balaban J connectivity index is 1.45.